The van der Waals surface area contributed by atoms with Crippen LogP contribution in [0.25, 0.3) is 0 Å². The summed E-state index contributed by atoms with van der Waals surface area (Å²) in [5.41, 5.74) is -0.616. The van der Waals surface area contributed by atoms with Crippen LogP contribution in [0.3, 0.4) is 0 Å². The molecule has 5 nitrogen and oxygen atoms in total. The van der Waals surface area contributed by atoms with E-state index in [1.807, 2.05) is 0 Å². The van der Waals surface area contributed by atoms with Gasteiger partial charge in [0.05, 0.1) is 11.0 Å². The van der Waals surface area contributed by atoms with Gasteiger partial charge in [-0.15, -0.1) is 0 Å². The van der Waals surface area contributed by atoms with Crippen molar-refractivity contribution in [1.29, 1.82) is 0 Å². The molecule has 2 atom stereocenters. The van der Waals surface area contributed by atoms with Crippen molar-refractivity contribution in [3.63, 3.8) is 0 Å². The van der Waals surface area contributed by atoms with Crippen molar-refractivity contribution in [2.45, 2.75) is 30.5 Å². The average molecular weight is 359 g/mol. The number of carbonyl (C=O) groups is 1. The smallest absolute Gasteiger partial charge is 0.285 e. The lowest BCUT2D eigenvalue weighted by Crippen LogP contribution is -2.34. The van der Waals surface area contributed by atoms with Crippen molar-refractivity contribution in [2.75, 3.05) is 6.54 Å². The Kier molecular flexibility index (Phi) is 5.27. The van der Waals surface area contributed by atoms with Crippen molar-refractivity contribution < 1.29 is 14.1 Å². The van der Waals surface area contributed by atoms with Crippen LogP contribution >= 0.6 is 15.9 Å². The van der Waals surface area contributed by atoms with Crippen LogP contribution in [0.15, 0.2) is 18.2 Å². The lowest BCUT2D eigenvalue weighted by molar-refractivity contribution is -0.385. The summed E-state index contributed by atoms with van der Waals surface area (Å²) in [5.74, 6) is -0.944. The molecule has 21 heavy (non-hydrogen) atoms. The van der Waals surface area contributed by atoms with Gasteiger partial charge in [0.1, 0.15) is 11.4 Å². The third kappa shape index (κ3) is 4.00. The van der Waals surface area contributed by atoms with Gasteiger partial charge in [0.2, 0.25) is 0 Å². The molecule has 1 saturated carbocycles. The topological polar surface area (TPSA) is 72.2 Å². The van der Waals surface area contributed by atoms with Crippen LogP contribution < -0.4 is 5.32 Å². The van der Waals surface area contributed by atoms with Gasteiger partial charge in [-0.1, -0.05) is 28.8 Å². The number of hydrogen-bond acceptors (Lipinski definition) is 3. The molecule has 1 aromatic rings. The minimum atomic E-state index is -0.744. The maximum Gasteiger partial charge on any atom is 0.285 e. The van der Waals surface area contributed by atoms with Gasteiger partial charge in [0.25, 0.3) is 11.6 Å². The van der Waals surface area contributed by atoms with Gasteiger partial charge in [-0.3, -0.25) is 14.9 Å². The molecule has 114 valence electrons. The molecular weight excluding hydrogens is 343 g/mol. The monoisotopic (exact) mass is 358 g/mol. The first kappa shape index (κ1) is 15.9. The summed E-state index contributed by atoms with van der Waals surface area (Å²) in [6.07, 6.45) is 4.38. The molecule has 1 fully saturated rings. The Hall–Kier alpha value is -1.50. The number of rotatable bonds is 4. The second-order valence-corrected chi connectivity index (χ2v) is 6.37. The van der Waals surface area contributed by atoms with Crippen LogP contribution in [0.1, 0.15) is 36.0 Å². The molecule has 1 N–H and O–H groups in total. The highest BCUT2D eigenvalue weighted by Gasteiger charge is 2.25. The van der Waals surface area contributed by atoms with E-state index in [0.29, 0.717) is 17.3 Å². The van der Waals surface area contributed by atoms with Gasteiger partial charge in [0.15, 0.2) is 0 Å². The van der Waals surface area contributed by atoms with Gasteiger partial charge in [-0.25, -0.2) is 4.39 Å². The molecule has 2 rings (SSSR count). The zero-order valence-corrected chi connectivity index (χ0v) is 12.9. The molecule has 0 radical (unpaired) electrons. The Labute approximate surface area is 130 Å². The summed E-state index contributed by atoms with van der Waals surface area (Å²) in [5, 5.41) is 13.6. The van der Waals surface area contributed by atoms with E-state index < -0.39 is 22.3 Å². The fourth-order valence-corrected chi connectivity index (χ4v) is 3.33. The maximum absolute atomic E-state index is 13.1. The lowest BCUT2D eigenvalue weighted by Gasteiger charge is -2.27. The number of amides is 1. The molecule has 0 bridgehead atoms. The minimum absolute atomic E-state index is 0.108. The first-order valence-electron chi connectivity index (χ1n) is 6.85. The number of halogens is 2. The molecule has 1 aromatic carbocycles. The zero-order chi connectivity index (χ0) is 15.4. The zero-order valence-electron chi connectivity index (χ0n) is 11.4. The Balaban J connectivity index is 2.05. The van der Waals surface area contributed by atoms with Crippen molar-refractivity contribution in [3.8, 4) is 0 Å². The van der Waals surface area contributed by atoms with Crippen molar-refractivity contribution in [1.82, 2.24) is 5.32 Å². The highest BCUT2D eigenvalue weighted by atomic mass is 79.9. The first-order valence-corrected chi connectivity index (χ1v) is 7.77. The van der Waals surface area contributed by atoms with Crippen LogP contribution in [0.2, 0.25) is 0 Å². The van der Waals surface area contributed by atoms with E-state index in [9.17, 15) is 19.3 Å². The first-order chi connectivity index (χ1) is 9.99. The lowest BCUT2D eigenvalue weighted by atomic mass is 9.89. The standard InChI is InChI=1S/C14H16BrFN2O3/c15-12-4-2-1-3-9(12)8-17-14(19)11-6-5-10(16)7-13(11)18(20)21/h5-7,9,12H,1-4,8H2,(H,17,19). The molecule has 1 aliphatic rings. The molecule has 2 unspecified atom stereocenters. The predicted octanol–water partition coefficient (Wildman–Crippen LogP) is 3.42. The highest BCUT2D eigenvalue weighted by Crippen LogP contribution is 2.29. The predicted molar refractivity (Wildman–Crippen MR) is 80.1 cm³/mol. The van der Waals surface area contributed by atoms with E-state index in [1.54, 1.807) is 0 Å². The molecule has 7 heteroatoms. The Morgan fingerprint density at radius 2 is 2.14 bits per heavy atom. The number of alkyl halides is 1. The summed E-state index contributed by atoms with van der Waals surface area (Å²) in [4.78, 5) is 22.6. The summed E-state index contributed by atoms with van der Waals surface area (Å²) < 4.78 is 13.1. The highest BCUT2D eigenvalue weighted by molar-refractivity contribution is 9.09. The van der Waals surface area contributed by atoms with Crippen molar-refractivity contribution in [3.05, 3.63) is 39.7 Å². The number of nitro benzene ring substituents is 1. The largest absolute Gasteiger partial charge is 0.351 e. The molecule has 0 aliphatic heterocycles. The van der Waals surface area contributed by atoms with Crippen LogP contribution in [-0.4, -0.2) is 22.2 Å². The third-order valence-electron chi connectivity index (χ3n) is 3.74. The summed E-state index contributed by atoms with van der Waals surface area (Å²) in [6.45, 7) is 0.462. The summed E-state index contributed by atoms with van der Waals surface area (Å²) in [6, 6.07) is 2.97. The molecule has 0 heterocycles. The number of carbonyl (C=O) groups excluding carboxylic acids is 1. The molecule has 1 aliphatic carbocycles. The molecule has 0 aromatic heterocycles. The Morgan fingerprint density at radius 1 is 1.43 bits per heavy atom. The van der Waals surface area contributed by atoms with Gasteiger partial charge >= 0.3 is 0 Å². The average Bonchev–Trinajstić information content (AvgIpc) is 2.46. The van der Waals surface area contributed by atoms with Gasteiger partial charge in [0, 0.05) is 11.4 Å². The molecule has 0 spiro atoms. The normalized spacial score (nSPS) is 21.8. The Bertz CT molecular complexity index is 553. The van der Waals surface area contributed by atoms with Crippen LogP contribution in [-0.2, 0) is 0 Å². The quantitative estimate of drug-likeness (QED) is 0.509. The maximum atomic E-state index is 13.1. The van der Waals surface area contributed by atoms with E-state index in [-0.39, 0.29) is 5.56 Å². The summed E-state index contributed by atoms with van der Waals surface area (Å²) in [7, 11) is 0. The van der Waals surface area contributed by atoms with Crippen LogP contribution in [0, 0.1) is 21.8 Å². The van der Waals surface area contributed by atoms with Crippen molar-refractivity contribution >= 4 is 27.5 Å². The van der Waals surface area contributed by atoms with Crippen molar-refractivity contribution in [2.24, 2.45) is 5.92 Å². The number of nitrogens with zero attached hydrogens (tertiary/aromatic N) is 1. The third-order valence-corrected chi connectivity index (χ3v) is 4.95. The van der Waals surface area contributed by atoms with E-state index in [0.717, 1.165) is 37.5 Å². The number of nitro groups is 1. The fourth-order valence-electron chi connectivity index (χ4n) is 2.56. The van der Waals surface area contributed by atoms with Gasteiger partial charge in [-0.2, -0.15) is 0 Å². The molecule has 1 amide bonds. The van der Waals surface area contributed by atoms with Gasteiger partial charge in [-0.05, 0) is 30.9 Å². The van der Waals surface area contributed by atoms with E-state index in [1.165, 1.54) is 6.42 Å². The minimum Gasteiger partial charge on any atom is -0.351 e. The van der Waals surface area contributed by atoms with E-state index in [4.69, 9.17) is 0 Å². The fraction of sp³-hybridized carbons (Fsp3) is 0.500. The number of benzene rings is 1. The van der Waals surface area contributed by atoms with E-state index in [2.05, 4.69) is 21.2 Å². The SMILES string of the molecule is O=C(NCC1CCCCC1Br)c1ccc(F)cc1[N+](=O)[O-]. The van der Waals surface area contributed by atoms with Crippen LogP contribution in [0.4, 0.5) is 10.1 Å². The van der Waals surface area contributed by atoms with E-state index >= 15 is 0 Å². The number of hydrogen-bond donors (Lipinski definition) is 1. The number of nitrogens with one attached hydrogen (secondary N) is 1. The van der Waals surface area contributed by atoms with Gasteiger partial charge < -0.3 is 5.32 Å². The molecular formula is C14H16BrFN2O3. The van der Waals surface area contributed by atoms with Crippen LogP contribution in [0.5, 0.6) is 0 Å². The molecule has 0 saturated heterocycles. The second kappa shape index (κ2) is 6.98. The summed E-state index contributed by atoms with van der Waals surface area (Å²) >= 11 is 3.60. The second-order valence-electron chi connectivity index (χ2n) is 5.19. The Morgan fingerprint density at radius 3 is 2.81 bits per heavy atom.